The van der Waals surface area contributed by atoms with Gasteiger partial charge in [-0.25, -0.2) is 14.2 Å². The summed E-state index contributed by atoms with van der Waals surface area (Å²) in [6.45, 7) is 6.84. The van der Waals surface area contributed by atoms with Gasteiger partial charge in [0.15, 0.2) is 11.4 Å². The Balaban J connectivity index is 2.19. The van der Waals surface area contributed by atoms with Gasteiger partial charge in [-0.15, -0.1) is 0 Å². The lowest BCUT2D eigenvalue weighted by atomic mass is 9.81. The second-order valence-electron chi connectivity index (χ2n) is 9.53. The average Bonchev–Trinajstić information content (AvgIpc) is 2.83. The molecule has 0 bridgehead atoms. The van der Waals surface area contributed by atoms with Crippen LogP contribution in [-0.2, 0) is 15.1 Å². The molecule has 0 aliphatic carbocycles. The van der Waals surface area contributed by atoms with Crippen LogP contribution in [0.1, 0.15) is 46.1 Å². The predicted molar refractivity (Wildman–Crippen MR) is 139 cm³/mol. The summed E-state index contributed by atoms with van der Waals surface area (Å²) in [6, 6.07) is 16.7. The minimum atomic E-state index is -1.54. The van der Waals surface area contributed by atoms with E-state index in [1.54, 1.807) is 39.8 Å². The Morgan fingerprint density at radius 2 is 1.76 bits per heavy atom. The van der Waals surface area contributed by atoms with E-state index in [0.29, 0.717) is 5.56 Å². The van der Waals surface area contributed by atoms with Gasteiger partial charge in [-0.1, -0.05) is 67.1 Å². The van der Waals surface area contributed by atoms with Gasteiger partial charge in [0.2, 0.25) is 0 Å². The molecular formula is C28H30ClFN2O5. The van der Waals surface area contributed by atoms with E-state index in [0.717, 1.165) is 17.2 Å². The normalized spacial score (nSPS) is 13.8. The fourth-order valence-electron chi connectivity index (χ4n) is 4.05. The van der Waals surface area contributed by atoms with Crippen molar-refractivity contribution in [2.45, 2.75) is 57.8 Å². The van der Waals surface area contributed by atoms with Crippen LogP contribution in [0.2, 0.25) is 5.02 Å². The molecule has 196 valence electrons. The number of carboxylic acid groups (broad SMARTS) is 1. The number of carboxylic acids is 1. The molecule has 0 radical (unpaired) electrons. The van der Waals surface area contributed by atoms with Crippen LogP contribution in [0.25, 0.3) is 11.1 Å². The fourth-order valence-corrected chi connectivity index (χ4v) is 4.20. The van der Waals surface area contributed by atoms with Gasteiger partial charge in [0.05, 0.1) is 17.5 Å². The number of alkyl carbamates (subject to hydrolysis) is 1. The van der Waals surface area contributed by atoms with E-state index >= 15 is 0 Å². The number of amides is 1. The van der Waals surface area contributed by atoms with E-state index in [1.807, 2.05) is 42.5 Å². The first-order valence-electron chi connectivity index (χ1n) is 11.8. The molecule has 2 aromatic carbocycles. The highest BCUT2D eigenvalue weighted by molar-refractivity contribution is 6.30. The number of nitrogens with one attached hydrogen (secondary N) is 1. The van der Waals surface area contributed by atoms with Crippen molar-refractivity contribution in [3.8, 4) is 17.0 Å². The van der Waals surface area contributed by atoms with Crippen LogP contribution in [0.3, 0.4) is 0 Å². The molecule has 1 amide bonds. The molecule has 0 aliphatic heterocycles. The quantitative estimate of drug-likeness (QED) is 0.325. The molecule has 0 fully saturated rings. The third-order valence-corrected chi connectivity index (χ3v) is 5.88. The number of hydrogen-bond acceptors (Lipinski definition) is 5. The van der Waals surface area contributed by atoms with Gasteiger partial charge < -0.3 is 19.9 Å². The highest BCUT2D eigenvalue weighted by atomic mass is 35.5. The molecule has 7 nitrogen and oxygen atoms in total. The summed E-state index contributed by atoms with van der Waals surface area (Å²) < 4.78 is 26.5. The molecule has 0 saturated carbocycles. The van der Waals surface area contributed by atoms with E-state index in [1.165, 1.54) is 6.20 Å². The molecule has 2 N–H and O–H groups in total. The molecule has 1 heterocycles. The number of benzene rings is 2. The van der Waals surface area contributed by atoms with E-state index < -0.39 is 41.5 Å². The van der Waals surface area contributed by atoms with Crippen LogP contribution >= 0.6 is 11.6 Å². The van der Waals surface area contributed by atoms with Gasteiger partial charge in [-0.05, 0) is 56.0 Å². The van der Waals surface area contributed by atoms with Gasteiger partial charge in [0, 0.05) is 6.20 Å². The van der Waals surface area contributed by atoms with Crippen molar-refractivity contribution in [2.24, 2.45) is 0 Å². The Morgan fingerprint density at radius 1 is 1.08 bits per heavy atom. The zero-order valence-electron chi connectivity index (χ0n) is 21.1. The lowest BCUT2D eigenvalue weighted by molar-refractivity contribution is -0.139. The SMILES string of the molecule is CCC(Oc1ncc(Cl)cc1F)(c1cccc(-c2ccccc2)c1)C(CC(=O)O)NC(=O)OC(C)(C)C. The second kappa shape index (κ2) is 11.6. The molecule has 0 saturated heterocycles. The minimum Gasteiger partial charge on any atom is -0.481 e. The number of hydrogen-bond donors (Lipinski definition) is 2. The fraction of sp³-hybridized carbons (Fsp3) is 0.321. The molecule has 3 aromatic rings. The molecule has 2 atom stereocenters. The van der Waals surface area contributed by atoms with Gasteiger partial charge >= 0.3 is 12.1 Å². The maximum Gasteiger partial charge on any atom is 0.408 e. The summed E-state index contributed by atoms with van der Waals surface area (Å²) in [5.74, 6) is -2.39. The molecule has 2 unspecified atom stereocenters. The van der Waals surface area contributed by atoms with Gasteiger partial charge in [-0.3, -0.25) is 4.79 Å². The zero-order valence-corrected chi connectivity index (χ0v) is 21.9. The monoisotopic (exact) mass is 528 g/mol. The van der Waals surface area contributed by atoms with Crippen molar-refractivity contribution < 1.29 is 28.6 Å². The van der Waals surface area contributed by atoms with Gasteiger partial charge in [-0.2, -0.15) is 0 Å². The summed E-state index contributed by atoms with van der Waals surface area (Å²) in [7, 11) is 0. The van der Waals surface area contributed by atoms with Crippen LogP contribution in [0.4, 0.5) is 9.18 Å². The third kappa shape index (κ3) is 7.20. The van der Waals surface area contributed by atoms with Crippen molar-refractivity contribution >= 4 is 23.7 Å². The van der Waals surface area contributed by atoms with Gasteiger partial charge in [0.25, 0.3) is 5.88 Å². The van der Waals surface area contributed by atoms with Crippen molar-refractivity contribution in [1.29, 1.82) is 0 Å². The maximum absolute atomic E-state index is 14.9. The highest BCUT2D eigenvalue weighted by Crippen LogP contribution is 2.38. The summed E-state index contributed by atoms with van der Waals surface area (Å²) in [5.41, 5.74) is -0.0999. The largest absolute Gasteiger partial charge is 0.481 e. The van der Waals surface area contributed by atoms with Crippen molar-refractivity contribution in [1.82, 2.24) is 10.3 Å². The van der Waals surface area contributed by atoms with E-state index in [9.17, 15) is 19.1 Å². The van der Waals surface area contributed by atoms with Gasteiger partial charge in [0.1, 0.15) is 5.60 Å². The number of aliphatic carboxylic acids is 1. The lowest BCUT2D eigenvalue weighted by Gasteiger charge is -2.40. The van der Waals surface area contributed by atoms with Crippen molar-refractivity contribution in [2.75, 3.05) is 0 Å². The van der Waals surface area contributed by atoms with Crippen LogP contribution in [-0.4, -0.2) is 33.8 Å². The first-order valence-corrected chi connectivity index (χ1v) is 12.2. The Hall–Kier alpha value is -3.65. The number of halogens is 2. The molecular weight excluding hydrogens is 499 g/mol. The summed E-state index contributed by atoms with van der Waals surface area (Å²) >= 11 is 5.88. The first kappa shape index (κ1) is 27.9. The molecule has 1 aromatic heterocycles. The van der Waals surface area contributed by atoms with Crippen LogP contribution in [0, 0.1) is 5.82 Å². The highest BCUT2D eigenvalue weighted by Gasteiger charge is 2.45. The maximum atomic E-state index is 14.9. The number of aromatic nitrogens is 1. The topological polar surface area (TPSA) is 97.8 Å². The Morgan fingerprint density at radius 3 is 2.35 bits per heavy atom. The summed E-state index contributed by atoms with van der Waals surface area (Å²) in [6.07, 6.45) is 0.0263. The molecule has 0 aliphatic rings. The molecule has 9 heteroatoms. The Bertz CT molecular complexity index is 1250. The number of nitrogens with zero attached hydrogens (tertiary/aromatic N) is 1. The standard InChI is InChI=1S/C28H30ClFN2O5/c1-5-28(36-25-22(30)15-21(29)17-31-25,23(16-24(33)34)32-26(35)37-27(2,3)4)20-13-9-12-19(14-20)18-10-7-6-8-11-18/h6-15,17,23H,5,16H2,1-4H3,(H,32,35)(H,33,34). The first-order chi connectivity index (χ1) is 17.4. The van der Waals surface area contributed by atoms with Crippen LogP contribution < -0.4 is 10.1 Å². The number of rotatable bonds is 9. The second-order valence-corrected chi connectivity index (χ2v) is 9.97. The number of ether oxygens (including phenoxy) is 2. The number of carbonyl (C=O) groups excluding carboxylic acids is 1. The summed E-state index contributed by atoms with van der Waals surface area (Å²) in [4.78, 5) is 28.8. The smallest absolute Gasteiger partial charge is 0.408 e. The number of carbonyl (C=O) groups is 2. The lowest BCUT2D eigenvalue weighted by Crippen LogP contribution is -2.55. The van der Waals surface area contributed by atoms with Crippen molar-refractivity contribution in [3.05, 3.63) is 83.3 Å². The predicted octanol–water partition coefficient (Wildman–Crippen LogP) is 6.59. The van der Waals surface area contributed by atoms with Crippen LogP contribution in [0.15, 0.2) is 66.9 Å². The molecule has 37 heavy (non-hydrogen) atoms. The third-order valence-electron chi connectivity index (χ3n) is 5.67. The van der Waals surface area contributed by atoms with Crippen molar-refractivity contribution in [3.63, 3.8) is 0 Å². The Kier molecular flexibility index (Phi) is 8.76. The zero-order chi connectivity index (χ0) is 27.2. The molecule has 0 spiro atoms. The Labute approximate surface area is 220 Å². The summed E-state index contributed by atoms with van der Waals surface area (Å²) in [5, 5.41) is 12.5. The molecule has 3 rings (SSSR count). The number of pyridine rings is 1. The van der Waals surface area contributed by atoms with E-state index in [2.05, 4.69) is 10.3 Å². The van der Waals surface area contributed by atoms with E-state index in [4.69, 9.17) is 21.1 Å². The minimum absolute atomic E-state index is 0.0759. The van der Waals surface area contributed by atoms with E-state index in [-0.39, 0.29) is 17.3 Å². The average molecular weight is 529 g/mol. The van der Waals surface area contributed by atoms with Crippen LogP contribution in [0.5, 0.6) is 5.88 Å².